The molecular weight excluding hydrogens is 272 g/mol. The topological polar surface area (TPSA) is 81.4 Å². The molecule has 0 saturated carbocycles. The lowest BCUT2D eigenvalue weighted by molar-refractivity contribution is -0.141. The number of nitrogens with zero attached hydrogens (tertiary/aromatic N) is 2. The Labute approximate surface area is 122 Å². The summed E-state index contributed by atoms with van der Waals surface area (Å²) in [5, 5.41) is 9.70. The van der Waals surface area contributed by atoms with E-state index in [4.69, 9.17) is 9.47 Å². The van der Waals surface area contributed by atoms with Crippen molar-refractivity contribution in [2.75, 3.05) is 7.11 Å². The van der Waals surface area contributed by atoms with Crippen molar-refractivity contribution in [3.8, 4) is 6.07 Å². The SMILES string of the molecule is COC(=O)CCC(C#N)(CC1OC=CO1)c1ccccn1. The highest BCUT2D eigenvalue weighted by Crippen LogP contribution is 2.34. The Bertz CT molecular complexity index is 545. The number of esters is 1. The summed E-state index contributed by atoms with van der Waals surface area (Å²) in [6.07, 6.45) is 4.64. The van der Waals surface area contributed by atoms with E-state index in [0.717, 1.165) is 0 Å². The third-order valence-corrected chi connectivity index (χ3v) is 3.38. The van der Waals surface area contributed by atoms with Gasteiger partial charge in [-0.15, -0.1) is 0 Å². The van der Waals surface area contributed by atoms with Crippen LogP contribution in [-0.4, -0.2) is 24.4 Å². The van der Waals surface area contributed by atoms with E-state index in [1.807, 2.05) is 0 Å². The fraction of sp³-hybridized carbons (Fsp3) is 0.400. The van der Waals surface area contributed by atoms with Gasteiger partial charge in [-0.25, -0.2) is 0 Å². The Morgan fingerprint density at radius 1 is 1.48 bits per heavy atom. The summed E-state index contributed by atoms with van der Waals surface area (Å²) in [5.41, 5.74) is -0.373. The molecule has 2 rings (SSSR count). The minimum absolute atomic E-state index is 0.126. The molecule has 1 aliphatic heterocycles. The van der Waals surface area contributed by atoms with Gasteiger partial charge in [0, 0.05) is 19.0 Å². The normalized spacial score (nSPS) is 16.4. The van der Waals surface area contributed by atoms with E-state index >= 15 is 0 Å². The minimum Gasteiger partial charge on any atom is -0.469 e. The number of hydrogen-bond donors (Lipinski definition) is 0. The van der Waals surface area contributed by atoms with Gasteiger partial charge in [-0.3, -0.25) is 9.78 Å². The monoisotopic (exact) mass is 288 g/mol. The smallest absolute Gasteiger partial charge is 0.305 e. The molecule has 6 heteroatoms. The van der Waals surface area contributed by atoms with Crippen molar-refractivity contribution in [2.45, 2.75) is 31.0 Å². The molecule has 1 atom stereocenters. The van der Waals surface area contributed by atoms with Crippen LogP contribution >= 0.6 is 0 Å². The number of pyridine rings is 1. The van der Waals surface area contributed by atoms with Crippen LogP contribution in [0.25, 0.3) is 0 Å². The molecule has 110 valence electrons. The zero-order valence-corrected chi connectivity index (χ0v) is 11.7. The molecule has 1 unspecified atom stereocenters. The van der Waals surface area contributed by atoms with E-state index in [2.05, 4.69) is 15.8 Å². The van der Waals surface area contributed by atoms with Crippen LogP contribution in [-0.2, 0) is 24.4 Å². The van der Waals surface area contributed by atoms with Crippen molar-refractivity contribution in [1.82, 2.24) is 4.98 Å². The minimum atomic E-state index is -0.966. The molecule has 0 fully saturated rings. The van der Waals surface area contributed by atoms with Crippen molar-refractivity contribution in [1.29, 1.82) is 5.26 Å². The van der Waals surface area contributed by atoms with Crippen LogP contribution in [0.15, 0.2) is 36.9 Å². The van der Waals surface area contributed by atoms with Gasteiger partial charge in [0.25, 0.3) is 0 Å². The van der Waals surface area contributed by atoms with E-state index in [0.29, 0.717) is 5.69 Å². The Kier molecular flexibility index (Phi) is 4.77. The summed E-state index contributed by atoms with van der Waals surface area (Å²) in [5.74, 6) is -0.364. The van der Waals surface area contributed by atoms with Crippen molar-refractivity contribution < 1.29 is 19.0 Å². The van der Waals surface area contributed by atoms with Crippen molar-refractivity contribution in [3.05, 3.63) is 42.6 Å². The first-order chi connectivity index (χ1) is 10.2. The summed E-state index contributed by atoms with van der Waals surface area (Å²) in [4.78, 5) is 15.7. The van der Waals surface area contributed by atoms with Gasteiger partial charge >= 0.3 is 5.97 Å². The first kappa shape index (κ1) is 14.9. The lowest BCUT2D eigenvalue weighted by atomic mass is 9.77. The molecule has 0 spiro atoms. The van der Waals surface area contributed by atoms with Crippen LogP contribution in [0, 0.1) is 11.3 Å². The number of nitriles is 1. The second-order valence-electron chi connectivity index (χ2n) is 4.66. The number of carbonyl (C=O) groups is 1. The fourth-order valence-electron chi connectivity index (χ4n) is 2.21. The van der Waals surface area contributed by atoms with E-state index in [-0.39, 0.29) is 25.2 Å². The summed E-state index contributed by atoms with van der Waals surface area (Å²) >= 11 is 0. The standard InChI is InChI=1S/C15H16N2O4/c1-19-13(18)5-6-15(11-16,10-14-20-8-9-21-14)12-4-2-3-7-17-12/h2-4,7-9,14H,5-6,10H2,1H3. The average Bonchev–Trinajstić information content (AvgIpc) is 3.04. The zero-order valence-electron chi connectivity index (χ0n) is 11.7. The summed E-state index contributed by atoms with van der Waals surface area (Å²) < 4.78 is 15.2. The highest BCUT2D eigenvalue weighted by Gasteiger charge is 2.39. The quantitative estimate of drug-likeness (QED) is 0.745. The van der Waals surface area contributed by atoms with Crippen LogP contribution in [0.3, 0.4) is 0 Å². The molecule has 1 aromatic rings. The lowest BCUT2D eigenvalue weighted by Gasteiger charge is -2.27. The van der Waals surface area contributed by atoms with Gasteiger partial charge in [-0.1, -0.05) is 6.07 Å². The fourth-order valence-corrected chi connectivity index (χ4v) is 2.21. The molecule has 0 radical (unpaired) electrons. The maximum atomic E-state index is 11.4. The van der Waals surface area contributed by atoms with E-state index in [1.54, 1.807) is 24.4 Å². The maximum absolute atomic E-state index is 11.4. The van der Waals surface area contributed by atoms with Gasteiger partial charge in [-0.05, 0) is 18.6 Å². The number of carbonyl (C=O) groups excluding carboxylic acids is 1. The largest absolute Gasteiger partial charge is 0.469 e. The predicted molar refractivity (Wildman–Crippen MR) is 72.5 cm³/mol. The van der Waals surface area contributed by atoms with Gasteiger partial charge in [0.2, 0.25) is 6.29 Å². The second kappa shape index (κ2) is 6.75. The van der Waals surface area contributed by atoms with Crippen LogP contribution in [0.2, 0.25) is 0 Å². The number of hydrogen-bond acceptors (Lipinski definition) is 6. The summed E-state index contributed by atoms with van der Waals surface area (Å²) in [7, 11) is 1.32. The molecule has 0 aromatic carbocycles. The van der Waals surface area contributed by atoms with Crippen LogP contribution in [0.1, 0.15) is 25.0 Å². The third kappa shape index (κ3) is 3.51. The van der Waals surface area contributed by atoms with E-state index in [1.165, 1.54) is 19.6 Å². The Morgan fingerprint density at radius 3 is 2.81 bits per heavy atom. The van der Waals surface area contributed by atoms with Gasteiger partial charge in [-0.2, -0.15) is 5.26 Å². The van der Waals surface area contributed by atoms with Gasteiger partial charge < -0.3 is 14.2 Å². The first-order valence-corrected chi connectivity index (χ1v) is 6.56. The van der Waals surface area contributed by atoms with Crippen molar-refractivity contribution in [2.24, 2.45) is 0 Å². The van der Waals surface area contributed by atoms with Crippen molar-refractivity contribution >= 4 is 5.97 Å². The third-order valence-electron chi connectivity index (χ3n) is 3.38. The number of aromatic nitrogens is 1. The zero-order chi connectivity index (χ0) is 15.1. The number of methoxy groups -OCH3 is 1. The predicted octanol–water partition coefficient (Wildman–Crippen LogP) is 2.03. The van der Waals surface area contributed by atoms with E-state index < -0.39 is 11.7 Å². The molecule has 0 amide bonds. The second-order valence-corrected chi connectivity index (χ2v) is 4.66. The number of ether oxygens (including phenoxy) is 3. The van der Waals surface area contributed by atoms with Crippen molar-refractivity contribution in [3.63, 3.8) is 0 Å². The van der Waals surface area contributed by atoms with Crippen LogP contribution < -0.4 is 0 Å². The maximum Gasteiger partial charge on any atom is 0.305 e. The molecule has 0 saturated heterocycles. The average molecular weight is 288 g/mol. The highest BCUT2D eigenvalue weighted by atomic mass is 16.7. The molecule has 0 aliphatic carbocycles. The van der Waals surface area contributed by atoms with E-state index in [9.17, 15) is 10.1 Å². The molecule has 2 heterocycles. The molecule has 1 aliphatic rings. The first-order valence-electron chi connectivity index (χ1n) is 6.56. The molecule has 6 nitrogen and oxygen atoms in total. The molecule has 21 heavy (non-hydrogen) atoms. The van der Waals surface area contributed by atoms with Crippen LogP contribution in [0.5, 0.6) is 0 Å². The number of rotatable bonds is 6. The molecule has 0 bridgehead atoms. The van der Waals surface area contributed by atoms with Gasteiger partial charge in [0.1, 0.15) is 17.9 Å². The Morgan fingerprint density at radius 2 is 2.24 bits per heavy atom. The summed E-state index contributed by atoms with van der Waals surface area (Å²) in [6.45, 7) is 0. The molecule has 1 aromatic heterocycles. The van der Waals surface area contributed by atoms with Gasteiger partial charge in [0.05, 0.1) is 18.9 Å². The summed E-state index contributed by atoms with van der Waals surface area (Å²) in [6, 6.07) is 7.63. The molecule has 0 N–H and O–H groups in total. The van der Waals surface area contributed by atoms with Gasteiger partial charge in [0.15, 0.2) is 0 Å². The molecular formula is C15H16N2O4. The highest BCUT2D eigenvalue weighted by molar-refractivity contribution is 5.69. The van der Waals surface area contributed by atoms with Crippen LogP contribution in [0.4, 0.5) is 0 Å². The Hall–Kier alpha value is -2.55. The lowest BCUT2D eigenvalue weighted by Crippen LogP contribution is -2.32. The Balaban J connectivity index is 2.22.